The molecule has 542 valence electrons. The molecule has 0 fully saturated rings. The molecule has 0 aliphatic carbocycles. The van der Waals surface area contributed by atoms with Gasteiger partial charge in [-0.05, 0) is 193 Å². The highest BCUT2D eigenvalue weighted by Gasteiger charge is 2.47. The zero-order valence-corrected chi connectivity index (χ0v) is 63.2. The molecule has 0 saturated heterocycles. The van der Waals surface area contributed by atoms with E-state index in [-0.39, 0.29) is 55.0 Å². The summed E-state index contributed by atoms with van der Waals surface area (Å²) in [6.45, 7) is 20.6. The first-order chi connectivity index (χ1) is 62.1. The van der Waals surface area contributed by atoms with Gasteiger partial charge in [0.1, 0.15) is 22.3 Å². The molecule has 0 bridgehead atoms. The van der Waals surface area contributed by atoms with Crippen molar-refractivity contribution >= 4 is 150 Å². The number of anilines is 6. The molecule has 20 aromatic rings. The van der Waals surface area contributed by atoms with Gasteiger partial charge in [0.05, 0.1) is 68.1 Å². The third-order valence-electron chi connectivity index (χ3n) is 23.1. The van der Waals surface area contributed by atoms with Gasteiger partial charge in [-0.1, -0.05) is 254 Å². The van der Waals surface area contributed by atoms with Crippen LogP contribution in [0.15, 0.2) is 342 Å². The van der Waals surface area contributed by atoms with Crippen molar-refractivity contribution in [3.63, 3.8) is 0 Å². The number of aromatic nitrogens is 2. The molecule has 22 rings (SSSR count). The van der Waals surface area contributed by atoms with E-state index in [1.54, 1.807) is 9.13 Å². The molecule has 0 N–H and O–H groups in total. The van der Waals surface area contributed by atoms with Crippen LogP contribution in [-0.2, 0) is 10.8 Å². The smallest absolute Gasteiger partial charge is 0.252 e. The van der Waals surface area contributed by atoms with Crippen molar-refractivity contribution in [3.8, 4) is 73.1 Å². The predicted molar refractivity (Wildman–Crippen MR) is 479 cm³/mol. The summed E-state index contributed by atoms with van der Waals surface area (Å²) in [5, 5.41) is 13.8. The number of furan rings is 2. The van der Waals surface area contributed by atoms with Crippen LogP contribution in [0.3, 0.4) is 0 Å². The van der Waals surface area contributed by atoms with Gasteiger partial charge in [-0.25, -0.2) is 4.85 Å². The lowest BCUT2D eigenvalue weighted by Crippen LogP contribution is -2.61. The molecule has 2 aliphatic rings. The van der Waals surface area contributed by atoms with E-state index in [0.717, 1.165) is 93.8 Å². The van der Waals surface area contributed by atoms with Gasteiger partial charge in [-0.2, -0.15) is 5.26 Å². The molecule has 16 aromatic carbocycles. The summed E-state index contributed by atoms with van der Waals surface area (Å²) in [6.07, 6.45) is 0. The normalized spacial score (nSPS) is 14.4. The lowest BCUT2D eigenvalue weighted by Gasteiger charge is -2.46. The monoisotopic (exact) mass is 1490 g/mol. The molecule has 6 heterocycles. The van der Waals surface area contributed by atoms with Crippen molar-refractivity contribution in [1.82, 2.24) is 9.13 Å². The Morgan fingerprint density at radius 2 is 0.852 bits per heavy atom. The summed E-state index contributed by atoms with van der Waals surface area (Å²) in [5.74, 6) is 0. The fourth-order valence-corrected chi connectivity index (χ4v) is 17.8. The molecule has 0 amide bonds. The average Bonchev–Trinajstić information content (AvgIpc) is 1.65. The zero-order valence-electron chi connectivity index (χ0n) is 77.2. The van der Waals surface area contributed by atoms with Crippen LogP contribution in [0.4, 0.5) is 39.8 Å². The van der Waals surface area contributed by atoms with E-state index in [9.17, 15) is 24.5 Å². The zero-order chi connectivity index (χ0) is 89.5. The Morgan fingerprint density at radius 1 is 0.383 bits per heavy atom. The summed E-state index contributed by atoms with van der Waals surface area (Å²) < 4.78 is 153. The molecule has 0 saturated carbocycles. The Balaban J connectivity index is 0.980. The first kappa shape index (κ1) is 54.1. The summed E-state index contributed by atoms with van der Waals surface area (Å²) in [4.78, 5) is 8.25. The average molecular weight is 1490 g/mol. The molecular weight excluding hydrogens is 1400 g/mol. The second-order valence-electron chi connectivity index (χ2n) is 31.8. The van der Waals surface area contributed by atoms with Crippen molar-refractivity contribution < 1.29 is 28.0 Å². The van der Waals surface area contributed by atoms with Crippen LogP contribution in [0.2, 0.25) is 0 Å². The molecule has 2 aliphatic heterocycles. The lowest BCUT2D eigenvalue weighted by molar-refractivity contribution is 0.590. The van der Waals surface area contributed by atoms with E-state index in [0.29, 0.717) is 67.4 Å². The maximum atomic E-state index is 10.8. The van der Waals surface area contributed by atoms with Gasteiger partial charge in [-0.15, -0.1) is 0 Å². The number of benzene rings is 16. The van der Waals surface area contributed by atoms with Gasteiger partial charge >= 0.3 is 0 Å². The SMILES string of the molecule is [2H]c1c([2H])c([2H])c2c(c1[2H])c1c([2H])c(C#N)c([2H])c([2H])c1n2-c1ccc2c(c1)N(c1c(-c3ccccc3)cc(C(C)(C)C)cc1-c1cccc3oc4ccccc4c13)c1cc(-c3ccccc3)cc3c1B2c1ccc(-n2c4c([2H])c([2H])c([2H])c([2H])c4c4c([2H])c([N+]#[C-])c([2H])c([2H])c42)cc1N3c1c(-c2ccccc2)cc(C(C)(C)C)cc1-c1cccc2c1oc1ccccc12. The molecule has 4 aromatic heterocycles. The standard InChI is InChI=1S/C106H73BN6O2/c1-105(2,3)69-56-81(66-29-13-9-14-30-66)102(85(58-69)77-37-26-44-99-100(77)80-36-20-24-43-98(80)114-99)112-93-61-72(110-89-40-21-17-33-74(89)83-53-64(63-108)45-51-91(83)110)47-49-87(93)107-88-50-48-73(111-90-41-22-18-34-75(90)84-60-71(109-7)46-52-92(84)111)62-94(88)113(96-55-68(54-95(112)101(96)107)65-27-11-8-12-28-65)103-82(67-31-15-10-16-32-67)57-70(106(4,5)6)59-86(103)79-39-25-38-78-76-35-19-23-42-97(76)115-104(78)79/h8-62H,1-6H3/i17D,18D,21D,22D,33D,34D,40D,41D,45D,46D,51D,52D,53D,60D. The fourth-order valence-electron chi connectivity index (χ4n) is 17.8. The topological polar surface area (TPSA) is 70.8 Å². The second-order valence-corrected chi connectivity index (χ2v) is 31.8. The van der Waals surface area contributed by atoms with Gasteiger partial charge in [0.15, 0.2) is 5.69 Å². The number of hydrogen-bond acceptors (Lipinski definition) is 5. The number of fused-ring (bicyclic) bond motifs is 16. The van der Waals surface area contributed by atoms with Gasteiger partial charge < -0.3 is 27.8 Å². The molecule has 0 atom stereocenters. The summed E-state index contributed by atoms with van der Waals surface area (Å²) in [5.41, 5.74) is 16.5. The number of rotatable bonds is 9. The fraction of sp³-hybridized carbons (Fsp3) is 0.0755. The van der Waals surface area contributed by atoms with Crippen molar-refractivity contribution in [2.75, 3.05) is 9.80 Å². The molecule has 115 heavy (non-hydrogen) atoms. The van der Waals surface area contributed by atoms with Crippen LogP contribution < -0.4 is 26.2 Å². The lowest BCUT2D eigenvalue weighted by atomic mass is 9.33. The molecule has 8 nitrogen and oxygen atoms in total. The molecule has 9 heteroatoms. The van der Waals surface area contributed by atoms with Crippen molar-refractivity contribution in [1.29, 1.82) is 5.26 Å². The second kappa shape index (κ2) is 25.4. The van der Waals surface area contributed by atoms with Crippen LogP contribution in [0, 0.1) is 17.9 Å². The number of nitriles is 1. The quantitative estimate of drug-likeness (QED) is 0.106. The van der Waals surface area contributed by atoms with Crippen LogP contribution in [-0.4, -0.2) is 15.8 Å². The Kier molecular flexibility index (Phi) is 12.0. The van der Waals surface area contributed by atoms with E-state index in [4.69, 9.17) is 15.4 Å². The van der Waals surface area contributed by atoms with E-state index in [2.05, 4.69) is 165 Å². The van der Waals surface area contributed by atoms with Crippen molar-refractivity contribution in [3.05, 3.63) is 361 Å². The van der Waals surface area contributed by atoms with Gasteiger partial charge in [0.25, 0.3) is 6.71 Å². The van der Waals surface area contributed by atoms with Gasteiger partial charge in [-0.3, -0.25) is 0 Å². The highest BCUT2D eigenvalue weighted by atomic mass is 16.3. The van der Waals surface area contributed by atoms with Gasteiger partial charge in [0, 0.05) is 102 Å². The number of hydrogen-bond donors (Lipinski definition) is 0. The van der Waals surface area contributed by atoms with E-state index >= 15 is 0 Å². The first-order valence-corrected chi connectivity index (χ1v) is 38.4. The number of para-hydroxylation sites is 5. The largest absolute Gasteiger partial charge is 0.456 e. The maximum Gasteiger partial charge on any atom is 0.252 e. The summed E-state index contributed by atoms with van der Waals surface area (Å²) in [7, 11) is 0. The highest BCUT2D eigenvalue weighted by molar-refractivity contribution is 7.00. The highest BCUT2D eigenvalue weighted by Crippen LogP contribution is 2.57. The molecule has 0 spiro atoms. The van der Waals surface area contributed by atoms with Crippen LogP contribution in [0.5, 0.6) is 0 Å². The predicted octanol–water partition coefficient (Wildman–Crippen LogP) is 27.1. The van der Waals surface area contributed by atoms with Crippen LogP contribution >= 0.6 is 0 Å². The Hall–Kier alpha value is -14.6. The molecule has 0 radical (unpaired) electrons. The Bertz CT molecular complexity index is 8500. The summed E-state index contributed by atoms with van der Waals surface area (Å²) >= 11 is 0. The van der Waals surface area contributed by atoms with Crippen LogP contribution in [0.25, 0.3) is 159 Å². The minimum Gasteiger partial charge on any atom is -0.456 e. The minimum atomic E-state index is -0.876. The third kappa shape index (κ3) is 10.4. The number of nitrogens with zero attached hydrogens (tertiary/aromatic N) is 6. The minimum absolute atomic E-state index is 0.0925. The van der Waals surface area contributed by atoms with E-state index < -0.39 is 113 Å². The Morgan fingerprint density at radius 3 is 1.43 bits per heavy atom. The third-order valence-corrected chi connectivity index (χ3v) is 23.1. The van der Waals surface area contributed by atoms with Crippen LogP contribution in [0.1, 0.15) is 77.4 Å². The van der Waals surface area contributed by atoms with E-state index in [1.807, 2.05) is 146 Å². The Labute approximate surface area is 686 Å². The molecule has 0 unspecified atom stereocenters. The first-order valence-electron chi connectivity index (χ1n) is 45.4. The summed E-state index contributed by atoms with van der Waals surface area (Å²) in [6, 6.07) is 78.6. The molecular formula is C106H73BN6O2. The van der Waals surface area contributed by atoms with E-state index in [1.165, 1.54) is 0 Å². The van der Waals surface area contributed by atoms with Crippen molar-refractivity contribution in [2.24, 2.45) is 0 Å². The van der Waals surface area contributed by atoms with Gasteiger partial charge in [0.2, 0.25) is 0 Å². The maximum absolute atomic E-state index is 10.8. The van der Waals surface area contributed by atoms with Crippen molar-refractivity contribution in [2.45, 2.75) is 52.4 Å².